The predicted molar refractivity (Wildman–Crippen MR) is 124 cm³/mol. The van der Waals surface area contributed by atoms with E-state index in [0.717, 1.165) is 49.1 Å². The van der Waals surface area contributed by atoms with Crippen molar-refractivity contribution in [3.05, 3.63) is 82.2 Å². The van der Waals surface area contributed by atoms with E-state index in [9.17, 15) is 13.2 Å². The zero-order valence-electron chi connectivity index (χ0n) is 18.1. The zero-order valence-corrected chi connectivity index (χ0v) is 18.9. The van der Waals surface area contributed by atoms with Gasteiger partial charge in [0.2, 0.25) is 0 Å². The molecule has 4 atom stereocenters. The number of allylic oxidation sites excluding steroid dienone is 1. The van der Waals surface area contributed by atoms with Crippen LogP contribution < -0.4 is 0 Å². The smallest absolute Gasteiger partial charge is 0.143 e. The van der Waals surface area contributed by atoms with Gasteiger partial charge in [0.1, 0.15) is 17.5 Å². The molecule has 0 nitrogen and oxygen atoms in total. The second-order valence-corrected chi connectivity index (χ2v) is 9.72. The largest absolute Gasteiger partial charge is 0.206 e. The summed E-state index contributed by atoms with van der Waals surface area (Å²) in [5.41, 5.74) is 0.771. The summed E-state index contributed by atoms with van der Waals surface area (Å²) in [5.74, 6) is 5.62. The molecule has 4 unspecified atom stereocenters. The van der Waals surface area contributed by atoms with Gasteiger partial charge in [-0.1, -0.05) is 35.9 Å². The molecule has 2 fully saturated rings. The third-order valence-electron chi connectivity index (χ3n) is 7.29. The lowest BCUT2D eigenvalue weighted by atomic mass is 9.63. The lowest BCUT2D eigenvalue weighted by Crippen LogP contribution is -2.30. The second-order valence-electron chi connectivity index (χ2n) is 9.31. The molecule has 0 spiro atoms. The second kappa shape index (κ2) is 10.2. The molecule has 0 aromatic heterocycles. The number of rotatable bonds is 4. The van der Waals surface area contributed by atoms with Gasteiger partial charge in [-0.2, -0.15) is 0 Å². The van der Waals surface area contributed by atoms with Crippen LogP contribution in [0.5, 0.6) is 0 Å². The Morgan fingerprint density at radius 3 is 2.34 bits per heavy atom. The minimum absolute atomic E-state index is 0.0164. The Labute approximate surface area is 193 Å². The van der Waals surface area contributed by atoms with Gasteiger partial charge in [0, 0.05) is 5.56 Å². The maximum absolute atomic E-state index is 14.8. The zero-order chi connectivity index (χ0) is 22.7. The fourth-order valence-electron chi connectivity index (χ4n) is 5.56. The first kappa shape index (κ1) is 23.0. The van der Waals surface area contributed by atoms with Crippen molar-refractivity contribution >= 4 is 11.6 Å². The topological polar surface area (TPSA) is 0 Å². The van der Waals surface area contributed by atoms with Gasteiger partial charge >= 0.3 is 0 Å². The minimum Gasteiger partial charge on any atom is -0.206 e. The van der Waals surface area contributed by atoms with Crippen LogP contribution in [0.4, 0.5) is 13.2 Å². The Balaban J connectivity index is 1.46. The molecule has 4 heteroatoms. The van der Waals surface area contributed by atoms with Crippen LogP contribution in [0.15, 0.2) is 43.0 Å². The highest BCUT2D eigenvalue weighted by molar-refractivity contribution is 6.30. The highest BCUT2D eigenvalue weighted by atomic mass is 35.5. The Morgan fingerprint density at radius 2 is 1.62 bits per heavy atom. The third kappa shape index (κ3) is 5.24. The third-order valence-corrected chi connectivity index (χ3v) is 7.59. The van der Waals surface area contributed by atoms with Gasteiger partial charge in [0.15, 0.2) is 0 Å². The Kier molecular flexibility index (Phi) is 7.31. The average Bonchev–Trinajstić information content (AvgIpc) is 2.78. The minimum atomic E-state index is -0.655. The van der Waals surface area contributed by atoms with Crippen molar-refractivity contribution in [1.29, 1.82) is 0 Å². The maximum atomic E-state index is 14.8. The SMILES string of the molecule is C=CCCC1CCC2CC(c3cc(F)c(C#Cc4ccc(Cl)c(F)c4)c(F)c3)CCC2C1. The summed E-state index contributed by atoms with van der Waals surface area (Å²) in [6.07, 6.45) is 11.2. The van der Waals surface area contributed by atoms with Gasteiger partial charge in [0.05, 0.1) is 10.6 Å². The number of fused-ring (bicyclic) bond motifs is 1. The molecule has 2 aromatic rings. The summed E-state index contributed by atoms with van der Waals surface area (Å²) in [6, 6.07) is 6.93. The Bertz CT molecular complexity index is 1030. The van der Waals surface area contributed by atoms with Gasteiger partial charge in [-0.3, -0.25) is 0 Å². The number of hydrogen-bond acceptors (Lipinski definition) is 0. The first-order valence-corrected chi connectivity index (χ1v) is 11.9. The number of hydrogen-bond donors (Lipinski definition) is 0. The van der Waals surface area contributed by atoms with Crippen molar-refractivity contribution < 1.29 is 13.2 Å². The normalized spacial score (nSPS) is 24.9. The molecular weight excluding hydrogens is 429 g/mol. The number of benzene rings is 2. The molecule has 0 bridgehead atoms. The highest BCUT2D eigenvalue weighted by Gasteiger charge is 2.36. The van der Waals surface area contributed by atoms with Crippen molar-refractivity contribution in [2.75, 3.05) is 0 Å². The average molecular weight is 457 g/mol. The molecular formula is C28H28ClF3. The summed E-state index contributed by atoms with van der Waals surface area (Å²) < 4.78 is 43.1. The summed E-state index contributed by atoms with van der Waals surface area (Å²) in [5, 5.41) is -0.0164. The van der Waals surface area contributed by atoms with Gasteiger partial charge in [-0.05, 0) is 105 Å². The fourth-order valence-corrected chi connectivity index (χ4v) is 5.68. The molecule has 0 heterocycles. The Morgan fingerprint density at radius 1 is 0.906 bits per heavy atom. The van der Waals surface area contributed by atoms with Crippen molar-refractivity contribution in [1.82, 2.24) is 0 Å². The van der Waals surface area contributed by atoms with Crippen LogP contribution in [-0.4, -0.2) is 0 Å². The summed E-state index contributed by atoms with van der Waals surface area (Å²) in [4.78, 5) is 0. The molecule has 4 rings (SSSR count). The molecule has 2 aliphatic rings. The van der Waals surface area contributed by atoms with Crippen molar-refractivity contribution in [3.8, 4) is 11.8 Å². The lowest BCUT2D eigenvalue weighted by Gasteiger charge is -2.42. The Hall–Kier alpha value is -2.18. The van der Waals surface area contributed by atoms with Crippen LogP contribution in [0.25, 0.3) is 0 Å². The van der Waals surface area contributed by atoms with E-state index < -0.39 is 17.5 Å². The van der Waals surface area contributed by atoms with Crippen molar-refractivity contribution in [3.63, 3.8) is 0 Å². The van der Waals surface area contributed by atoms with E-state index in [1.165, 1.54) is 49.9 Å². The fraction of sp³-hybridized carbons (Fsp3) is 0.429. The molecule has 0 radical (unpaired) electrons. The molecule has 2 aromatic carbocycles. The molecule has 0 amide bonds. The van der Waals surface area contributed by atoms with Gasteiger partial charge < -0.3 is 0 Å². The van der Waals surface area contributed by atoms with E-state index in [-0.39, 0.29) is 16.5 Å². The molecule has 0 N–H and O–H groups in total. The quantitative estimate of drug-likeness (QED) is 0.320. The molecule has 0 saturated heterocycles. The van der Waals surface area contributed by atoms with Crippen LogP contribution in [0.2, 0.25) is 5.02 Å². The predicted octanol–water partition coefficient (Wildman–Crippen LogP) is 8.42. The van der Waals surface area contributed by atoms with Gasteiger partial charge in [0.25, 0.3) is 0 Å². The molecule has 2 saturated carbocycles. The van der Waals surface area contributed by atoms with E-state index in [1.54, 1.807) is 0 Å². The lowest BCUT2D eigenvalue weighted by molar-refractivity contribution is 0.115. The highest BCUT2D eigenvalue weighted by Crippen LogP contribution is 2.48. The van der Waals surface area contributed by atoms with Crippen LogP contribution in [0.1, 0.15) is 74.0 Å². The van der Waals surface area contributed by atoms with E-state index in [2.05, 4.69) is 18.4 Å². The van der Waals surface area contributed by atoms with Crippen LogP contribution in [0.3, 0.4) is 0 Å². The molecule has 168 valence electrons. The van der Waals surface area contributed by atoms with Crippen LogP contribution >= 0.6 is 11.6 Å². The monoisotopic (exact) mass is 456 g/mol. The number of halogens is 4. The van der Waals surface area contributed by atoms with Crippen molar-refractivity contribution in [2.24, 2.45) is 17.8 Å². The summed E-state index contributed by atoms with van der Waals surface area (Å²) in [6.45, 7) is 3.83. The van der Waals surface area contributed by atoms with Gasteiger partial charge in [-0.15, -0.1) is 6.58 Å². The summed E-state index contributed by atoms with van der Waals surface area (Å²) >= 11 is 5.66. The first-order chi connectivity index (χ1) is 15.4. The van der Waals surface area contributed by atoms with E-state index in [4.69, 9.17) is 11.6 Å². The molecule has 32 heavy (non-hydrogen) atoms. The van der Waals surface area contributed by atoms with E-state index in [1.807, 2.05) is 6.08 Å². The first-order valence-electron chi connectivity index (χ1n) is 11.5. The van der Waals surface area contributed by atoms with Crippen molar-refractivity contribution in [2.45, 2.75) is 57.3 Å². The molecule has 0 aliphatic heterocycles. The van der Waals surface area contributed by atoms with E-state index >= 15 is 0 Å². The van der Waals surface area contributed by atoms with E-state index in [0.29, 0.717) is 11.5 Å². The standard InChI is InChI=1S/C28H28ClF3/c1-2-3-4-18-5-8-21-15-22(10-9-20(21)13-18)23-16-26(30)24(27(31)17-23)11-6-19-7-12-25(29)28(32)14-19/h2,7,12,14,16-18,20-22H,1,3-5,8-10,13,15H2. The van der Waals surface area contributed by atoms with Gasteiger partial charge in [-0.25, -0.2) is 13.2 Å². The van der Waals surface area contributed by atoms with Crippen LogP contribution in [0, 0.1) is 47.0 Å². The summed E-state index contributed by atoms with van der Waals surface area (Å²) in [7, 11) is 0. The van der Waals surface area contributed by atoms with Crippen LogP contribution in [-0.2, 0) is 0 Å². The maximum Gasteiger partial charge on any atom is 0.143 e. The molecule has 2 aliphatic carbocycles.